The largest absolute Gasteiger partial charge is 0.478 e. The normalized spacial score (nSPS) is 13.0. The van der Waals surface area contributed by atoms with E-state index in [0.29, 0.717) is 11.1 Å². The van der Waals surface area contributed by atoms with Gasteiger partial charge in [-0.2, -0.15) is 13.2 Å². The molecule has 18 heavy (non-hydrogen) atoms. The molecule has 0 saturated heterocycles. The van der Waals surface area contributed by atoms with E-state index in [0.717, 1.165) is 18.2 Å². The van der Waals surface area contributed by atoms with Crippen LogP contribution in [0.1, 0.15) is 18.1 Å². The van der Waals surface area contributed by atoms with Crippen LogP contribution in [0.2, 0.25) is 0 Å². The minimum atomic E-state index is -4.35. The molecule has 0 aliphatic heterocycles. The molecule has 0 bridgehead atoms. The molecule has 0 radical (unpaired) electrons. The third kappa shape index (κ3) is 4.45. The van der Waals surface area contributed by atoms with E-state index in [1.54, 1.807) is 13.0 Å². The molecule has 2 nitrogen and oxygen atoms in total. The third-order valence-electron chi connectivity index (χ3n) is 2.13. The van der Waals surface area contributed by atoms with E-state index in [4.69, 9.17) is 5.11 Å². The molecule has 0 saturated carbocycles. The number of rotatable bonds is 3. The van der Waals surface area contributed by atoms with Crippen LogP contribution in [0, 0.1) is 0 Å². The van der Waals surface area contributed by atoms with Gasteiger partial charge in [0.1, 0.15) is 0 Å². The van der Waals surface area contributed by atoms with E-state index in [-0.39, 0.29) is 0 Å². The lowest BCUT2D eigenvalue weighted by molar-refractivity contribution is -0.137. The van der Waals surface area contributed by atoms with Crippen molar-refractivity contribution in [1.29, 1.82) is 0 Å². The molecule has 0 fully saturated rings. The lowest BCUT2D eigenvalue weighted by atomic mass is 10.1. The van der Waals surface area contributed by atoms with Gasteiger partial charge in [-0.05, 0) is 30.2 Å². The molecule has 0 aliphatic rings. The Kier molecular flexibility index (Phi) is 4.31. The van der Waals surface area contributed by atoms with Crippen LogP contribution in [0.4, 0.5) is 13.2 Å². The molecule has 0 amide bonds. The maximum atomic E-state index is 12.3. The summed E-state index contributed by atoms with van der Waals surface area (Å²) in [5, 5.41) is 8.47. The van der Waals surface area contributed by atoms with E-state index in [1.165, 1.54) is 18.2 Å². The average Bonchev–Trinajstić information content (AvgIpc) is 2.25. The lowest BCUT2D eigenvalue weighted by Crippen LogP contribution is -2.03. The van der Waals surface area contributed by atoms with Crippen LogP contribution in [0.5, 0.6) is 0 Å². The van der Waals surface area contributed by atoms with Crippen molar-refractivity contribution in [3.63, 3.8) is 0 Å². The van der Waals surface area contributed by atoms with Crippen molar-refractivity contribution >= 4 is 12.0 Å². The Morgan fingerprint density at radius 1 is 1.22 bits per heavy atom. The van der Waals surface area contributed by atoms with Crippen molar-refractivity contribution < 1.29 is 23.1 Å². The van der Waals surface area contributed by atoms with Crippen LogP contribution >= 0.6 is 0 Å². The van der Waals surface area contributed by atoms with Crippen molar-refractivity contribution in [2.24, 2.45) is 0 Å². The second-order valence-electron chi connectivity index (χ2n) is 3.68. The summed E-state index contributed by atoms with van der Waals surface area (Å²) in [5.74, 6) is -1.07. The summed E-state index contributed by atoms with van der Waals surface area (Å²) in [6.07, 6.45) is -0.256. The zero-order valence-corrected chi connectivity index (χ0v) is 9.53. The predicted molar refractivity (Wildman–Crippen MR) is 61.9 cm³/mol. The fourth-order valence-corrected chi connectivity index (χ4v) is 1.25. The first-order chi connectivity index (χ1) is 8.29. The fraction of sp³-hybridized carbons (Fsp3) is 0.154. The number of allylic oxidation sites excluding steroid dienone is 2. The number of aliphatic carboxylic acids is 1. The van der Waals surface area contributed by atoms with Crippen LogP contribution in [-0.4, -0.2) is 11.1 Å². The number of halogens is 3. The van der Waals surface area contributed by atoms with Gasteiger partial charge in [0.15, 0.2) is 0 Å². The highest BCUT2D eigenvalue weighted by Crippen LogP contribution is 2.29. The van der Waals surface area contributed by atoms with Crippen LogP contribution in [0.15, 0.2) is 42.0 Å². The van der Waals surface area contributed by atoms with Gasteiger partial charge in [0.05, 0.1) is 5.56 Å². The van der Waals surface area contributed by atoms with E-state index in [2.05, 4.69) is 0 Å². The zero-order valence-electron chi connectivity index (χ0n) is 9.53. The number of hydrogen-bond acceptors (Lipinski definition) is 1. The maximum absolute atomic E-state index is 12.3. The molecule has 1 aromatic rings. The maximum Gasteiger partial charge on any atom is 0.416 e. The molecule has 1 aromatic carbocycles. The minimum Gasteiger partial charge on any atom is -0.478 e. The Balaban J connectivity index is 2.82. The lowest BCUT2D eigenvalue weighted by Gasteiger charge is -2.05. The van der Waals surface area contributed by atoms with Gasteiger partial charge in [-0.15, -0.1) is 0 Å². The van der Waals surface area contributed by atoms with E-state index in [1.807, 2.05) is 0 Å². The minimum absolute atomic E-state index is 0.502. The van der Waals surface area contributed by atoms with Crippen molar-refractivity contribution in [3.05, 3.63) is 53.1 Å². The molecule has 0 unspecified atom stereocenters. The van der Waals surface area contributed by atoms with Gasteiger partial charge in [-0.25, -0.2) is 4.79 Å². The fourth-order valence-electron chi connectivity index (χ4n) is 1.25. The number of carbonyl (C=O) groups is 1. The molecule has 0 aromatic heterocycles. The highest BCUT2D eigenvalue weighted by atomic mass is 19.4. The van der Waals surface area contributed by atoms with Gasteiger partial charge in [-0.3, -0.25) is 0 Å². The number of alkyl halides is 3. The van der Waals surface area contributed by atoms with Gasteiger partial charge in [-0.1, -0.05) is 24.3 Å². The van der Waals surface area contributed by atoms with Crippen LogP contribution in [0.3, 0.4) is 0 Å². The van der Waals surface area contributed by atoms with Gasteiger partial charge >= 0.3 is 12.1 Å². The molecule has 1 N–H and O–H groups in total. The van der Waals surface area contributed by atoms with E-state index < -0.39 is 17.7 Å². The Hall–Kier alpha value is -2.04. The summed E-state index contributed by atoms with van der Waals surface area (Å²) in [5.41, 5.74) is 0.362. The summed E-state index contributed by atoms with van der Waals surface area (Å²) < 4.78 is 36.9. The first-order valence-electron chi connectivity index (χ1n) is 5.05. The number of benzene rings is 1. The molecular weight excluding hydrogens is 245 g/mol. The molecule has 96 valence electrons. The van der Waals surface area contributed by atoms with E-state index >= 15 is 0 Å². The van der Waals surface area contributed by atoms with Crippen molar-refractivity contribution in [3.8, 4) is 0 Å². The van der Waals surface area contributed by atoms with Gasteiger partial charge in [0.2, 0.25) is 0 Å². The number of hydrogen-bond donors (Lipinski definition) is 1. The Morgan fingerprint density at radius 2 is 1.78 bits per heavy atom. The van der Waals surface area contributed by atoms with E-state index in [9.17, 15) is 18.0 Å². The average molecular weight is 256 g/mol. The summed E-state index contributed by atoms with van der Waals surface area (Å²) >= 11 is 0. The smallest absolute Gasteiger partial charge is 0.416 e. The monoisotopic (exact) mass is 256 g/mol. The van der Waals surface area contributed by atoms with Gasteiger partial charge in [0.25, 0.3) is 0 Å². The molecule has 0 spiro atoms. The molecule has 0 heterocycles. The molecule has 0 atom stereocenters. The zero-order chi connectivity index (χ0) is 13.8. The van der Waals surface area contributed by atoms with Crippen LogP contribution in [0.25, 0.3) is 6.08 Å². The Bertz CT molecular complexity index is 482. The molecule has 0 aliphatic carbocycles. The highest BCUT2D eigenvalue weighted by Gasteiger charge is 2.29. The second-order valence-corrected chi connectivity index (χ2v) is 3.68. The second kappa shape index (κ2) is 5.53. The Labute approximate surface area is 102 Å². The summed E-state index contributed by atoms with van der Waals surface area (Å²) in [6.45, 7) is 1.59. The predicted octanol–water partition coefficient (Wildman–Crippen LogP) is 3.75. The summed E-state index contributed by atoms with van der Waals surface area (Å²) in [4.78, 5) is 10.3. The van der Waals surface area contributed by atoms with Crippen LogP contribution < -0.4 is 0 Å². The SMILES string of the molecule is CC(=CC(=O)O)/C=C/c1ccc(C(F)(F)F)cc1. The Morgan fingerprint density at radius 3 is 2.22 bits per heavy atom. The van der Waals surface area contributed by atoms with Crippen molar-refractivity contribution in [2.45, 2.75) is 13.1 Å². The van der Waals surface area contributed by atoms with Gasteiger partial charge < -0.3 is 5.11 Å². The third-order valence-corrected chi connectivity index (χ3v) is 2.13. The molecular formula is C13H11F3O2. The van der Waals surface area contributed by atoms with Crippen LogP contribution in [-0.2, 0) is 11.0 Å². The first kappa shape index (κ1) is 14.0. The topological polar surface area (TPSA) is 37.3 Å². The number of carboxylic acid groups (broad SMARTS) is 1. The summed E-state index contributed by atoms with van der Waals surface area (Å²) in [6, 6.07) is 4.62. The highest BCUT2D eigenvalue weighted by molar-refractivity contribution is 5.81. The van der Waals surface area contributed by atoms with Gasteiger partial charge in [0, 0.05) is 6.08 Å². The number of carboxylic acids is 1. The standard InChI is InChI=1S/C13H11F3O2/c1-9(8-12(17)18)2-3-10-4-6-11(7-5-10)13(14,15)16/h2-8H,1H3,(H,17,18)/b3-2+,9-8?. The van der Waals surface area contributed by atoms with Crippen molar-refractivity contribution in [2.75, 3.05) is 0 Å². The summed E-state index contributed by atoms with van der Waals surface area (Å²) in [7, 11) is 0. The first-order valence-corrected chi connectivity index (χ1v) is 5.05. The van der Waals surface area contributed by atoms with Crippen molar-refractivity contribution in [1.82, 2.24) is 0 Å². The quantitative estimate of drug-likeness (QED) is 0.660. The molecule has 5 heteroatoms. The molecule has 1 rings (SSSR count).